The number of benzene rings is 3. The van der Waals surface area contributed by atoms with Gasteiger partial charge in [0.15, 0.2) is 0 Å². The Hall–Kier alpha value is -2.55. The fourth-order valence-electron chi connectivity index (χ4n) is 2.30. The summed E-state index contributed by atoms with van der Waals surface area (Å²) in [6.07, 6.45) is 0. The fourth-order valence-corrected chi connectivity index (χ4v) is 2.30. The number of hydrogen-bond donors (Lipinski definition) is 1. The standard InChI is InChI=1S/C16H12O3/c1-10(17)19-14-8-4-6-12-9-11-5-2-3-7-13(11)16(18)15(12)14/h2-9,18H,1H3. The van der Waals surface area contributed by atoms with Crippen molar-refractivity contribution in [1.82, 2.24) is 0 Å². The number of fused-ring (bicyclic) bond motifs is 2. The van der Waals surface area contributed by atoms with Crippen LogP contribution in [0.3, 0.4) is 0 Å². The zero-order valence-corrected chi connectivity index (χ0v) is 10.4. The average molecular weight is 252 g/mol. The summed E-state index contributed by atoms with van der Waals surface area (Å²) in [5.74, 6) is 0.123. The molecule has 0 spiro atoms. The molecule has 0 aromatic heterocycles. The fraction of sp³-hybridized carbons (Fsp3) is 0.0625. The number of ether oxygens (including phenoxy) is 1. The van der Waals surface area contributed by atoms with Gasteiger partial charge in [-0.25, -0.2) is 0 Å². The van der Waals surface area contributed by atoms with E-state index in [1.807, 2.05) is 36.4 Å². The average Bonchev–Trinajstić information content (AvgIpc) is 2.38. The van der Waals surface area contributed by atoms with Crippen LogP contribution in [0.15, 0.2) is 48.5 Å². The van der Waals surface area contributed by atoms with Crippen LogP contribution >= 0.6 is 0 Å². The summed E-state index contributed by atoms with van der Waals surface area (Å²) in [5.41, 5.74) is 0. The van der Waals surface area contributed by atoms with E-state index in [2.05, 4.69) is 0 Å². The predicted molar refractivity (Wildman–Crippen MR) is 74.4 cm³/mol. The molecule has 0 atom stereocenters. The summed E-state index contributed by atoms with van der Waals surface area (Å²) >= 11 is 0. The Bertz CT molecular complexity index is 790. The maximum Gasteiger partial charge on any atom is 0.308 e. The molecular weight excluding hydrogens is 240 g/mol. The Morgan fingerprint density at radius 1 is 1.05 bits per heavy atom. The van der Waals surface area contributed by atoms with Crippen molar-refractivity contribution in [1.29, 1.82) is 0 Å². The molecule has 1 N–H and O–H groups in total. The zero-order chi connectivity index (χ0) is 13.4. The Labute approximate surface area is 110 Å². The van der Waals surface area contributed by atoms with E-state index < -0.39 is 5.97 Å². The molecule has 3 nitrogen and oxygen atoms in total. The van der Waals surface area contributed by atoms with Crippen molar-refractivity contribution in [3.8, 4) is 11.5 Å². The molecule has 94 valence electrons. The van der Waals surface area contributed by atoms with Crippen molar-refractivity contribution < 1.29 is 14.6 Å². The van der Waals surface area contributed by atoms with Crippen LogP contribution in [-0.4, -0.2) is 11.1 Å². The molecule has 0 aliphatic heterocycles. The molecule has 0 saturated carbocycles. The monoisotopic (exact) mass is 252 g/mol. The van der Waals surface area contributed by atoms with Crippen LogP contribution in [-0.2, 0) is 4.79 Å². The number of esters is 1. The van der Waals surface area contributed by atoms with Crippen LogP contribution in [0.1, 0.15) is 6.92 Å². The van der Waals surface area contributed by atoms with E-state index in [1.54, 1.807) is 12.1 Å². The number of phenols is 1. The van der Waals surface area contributed by atoms with Crippen molar-refractivity contribution in [3.63, 3.8) is 0 Å². The maximum atomic E-state index is 11.1. The van der Waals surface area contributed by atoms with Gasteiger partial charge in [0.1, 0.15) is 11.5 Å². The van der Waals surface area contributed by atoms with Crippen LogP contribution in [0.5, 0.6) is 11.5 Å². The first-order valence-electron chi connectivity index (χ1n) is 5.98. The highest BCUT2D eigenvalue weighted by Crippen LogP contribution is 2.39. The van der Waals surface area contributed by atoms with Gasteiger partial charge in [0.25, 0.3) is 0 Å². The van der Waals surface area contributed by atoms with E-state index in [9.17, 15) is 9.90 Å². The topological polar surface area (TPSA) is 46.5 Å². The molecule has 3 aromatic rings. The molecule has 3 aromatic carbocycles. The molecule has 3 rings (SSSR count). The molecular formula is C16H12O3. The highest BCUT2D eigenvalue weighted by Gasteiger charge is 2.12. The second-order valence-electron chi connectivity index (χ2n) is 4.39. The van der Waals surface area contributed by atoms with Crippen LogP contribution in [0.4, 0.5) is 0 Å². The minimum atomic E-state index is -0.403. The van der Waals surface area contributed by atoms with Crippen molar-refractivity contribution in [2.24, 2.45) is 0 Å². The first-order chi connectivity index (χ1) is 9.16. The lowest BCUT2D eigenvalue weighted by molar-refractivity contribution is -0.131. The smallest absolute Gasteiger partial charge is 0.308 e. The Morgan fingerprint density at radius 3 is 2.58 bits per heavy atom. The summed E-state index contributed by atoms with van der Waals surface area (Å²) in [4.78, 5) is 11.1. The number of rotatable bonds is 1. The summed E-state index contributed by atoms with van der Waals surface area (Å²) < 4.78 is 5.16. The SMILES string of the molecule is CC(=O)Oc1cccc2cc3ccccc3c(O)c12. The van der Waals surface area contributed by atoms with Gasteiger partial charge in [0, 0.05) is 12.3 Å². The first-order valence-corrected chi connectivity index (χ1v) is 5.98. The predicted octanol–water partition coefficient (Wildman–Crippen LogP) is 3.62. The molecule has 0 radical (unpaired) electrons. The van der Waals surface area contributed by atoms with E-state index >= 15 is 0 Å². The van der Waals surface area contributed by atoms with Gasteiger partial charge in [-0.2, -0.15) is 0 Å². The van der Waals surface area contributed by atoms with Crippen LogP contribution in [0, 0.1) is 0 Å². The number of phenolic OH excluding ortho intramolecular Hbond substituents is 1. The third kappa shape index (κ3) is 1.89. The molecule has 0 bridgehead atoms. The number of aromatic hydroxyl groups is 1. The molecule has 0 fully saturated rings. The summed E-state index contributed by atoms with van der Waals surface area (Å²) in [6.45, 7) is 1.34. The molecule has 0 saturated heterocycles. The third-order valence-electron chi connectivity index (χ3n) is 3.08. The lowest BCUT2D eigenvalue weighted by Crippen LogP contribution is -2.01. The number of carbonyl (C=O) groups is 1. The lowest BCUT2D eigenvalue weighted by Gasteiger charge is -2.10. The molecule has 19 heavy (non-hydrogen) atoms. The zero-order valence-electron chi connectivity index (χ0n) is 10.4. The van der Waals surface area contributed by atoms with Crippen molar-refractivity contribution in [3.05, 3.63) is 48.5 Å². The first kappa shape index (κ1) is 11.5. The van der Waals surface area contributed by atoms with E-state index in [1.165, 1.54) is 6.92 Å². The molecule has 3 heteroatoms. The minimum Gasteiger partial charge on any atom is -0.507 e. The van der Waals surface area contributed by atoms with E-state index in [4.69, 9.17) is 4.74 Å². The van der Waals surface area contributed by atoms with Gasteiger partial charge < -0.3 is 9.84 Å². The van der Waals surface area contributed by atoms with E-state index in [-0.39, 0.29) is 5.75 Å². The van der Waals surface area contributed by atoms with Gasteiger partial charge in [-0.15, -0.1) is 0 Å². The molecule has 0 aliphatic carbocycles. The van der Waals surface area contributed by atoms with Crippen molar-refractivity contribution in [2.45, 2.75) is 6.92 Å². The van der Waals surface area contributed by atoms with E-state index in [0.29, 0.717) is 11.1 Å². The number of carbonyl (C=O) groups excluding carboxylic acids is 1. The molecule has 0 heterocycles. The van der Waals surface area contributed by atoms with Gasteiger partial charge in [-0.3, -0.25) is 4.79 Å². The van der Waals surface area contributed by atoms with Gasteiger partial charge in [-0.05, 0) is 22.9 Å². The lowest BCUT2D eigenvalue weighted by atomic mass is 10.0. The van der Waals surface area contributed by atoms with E-state index in [0.717, 1.165) is 16.2 Å². The molecule has 0 aliphatic rings. The van der Waals surface area contributed by atoms with Gasteiger partial charge in [-0.1, -0.05) is 36.4 Å². The van der Waals surface area contributed by atoms with Crippen LogP contribution in [0.25, 0.3) is 21.5 Å². The summed E-state index contributed by atoms with van der Waals surface area (Å²) in [5, 5.41) is 13.5. The largest absolute Gasteiger partial charge is 0.507 e. The van der Waals surface area contributed by atoms with Crippen LogP contribution < -0.4 is 4.74 Å². The van der Waals surface area contributed by atoms with Crippen molar-refractivity contribution >= 4 is 27.5 Å². The Morgan fingerprint density at radius 2 is 1.79 bits per heavy atom. The minimum absolute atomic E-state index is 0.143. The molecule has 0 amide bonds. The quantitative estimate of drug-likeness (QED) is 0.408. The highest BCUT2D eigenvalue weighted by molar-refractivity contribution is 6.07. The number of hydrogen-bond acceptors (Lipinski definition) is 3. The molecule has 0 unspecified atom stereocenters. The highest BCUT2D eigenvalue weighted by atomic mass is 16.5. The maximum absolute atomic E-state index is 11.1. The van der Waals surface area contributed by atoms with Gasteiger partial charge in [0.2, 0.25) is 0 Å². The van der Waals surface area contributed by atoms with Gasteiger partial charge >= 0.3 is 5.97 Å². The second-order valence-corrected chi connectivity index (χ2v) is 4.39. The van der Waals surface area contributed by atoms with Crippen LogP contribution in [0.2, 0.25) is 0 Å². The van der Waals surface area contributed by atoms with Crippen molar-refractivity contribution in [2.75, 3.05) is 0 Å². The Kier molecular flexibility index (Phi) is 2.60. The Balaban J connectivity index is 2.41. The summed E-state index contributed by atoms with van der Waals surface area (Å²) in [6, 6.07) is 14.9. The van der Waals surface area contributed by atoms with Gasteiger partial charge in [0.05, 0.1) is 5.39 Å². The second kappa shape index (κ2) is 4.28. The summed E-state index contributed by atoms with van der Waals surface area (Å²) in [7, 11) is 0. The third-order valence-corrected chi connectivity index (χ3v) is 3.08. The normalized spacial score (nSPS) is 10.8.